The van der Waals surface area contributed by atoms with Crippen molar-refractivity contribution in [2.24, 2.45) is 5.92 Å². The zero-order valence-electron chi connectivity index (χ0n) is 12.4. The third-order valence-electron chi connectivity index (χ3n) is 2.98. The average Bonchev–Trinajstić information content (AvgIpc) is 2.81. The third-order valence-corrected chi connectivity index (χ3v) is 4.62. The van der Waals surface area contributed by atoms with Crippen molar-refractivity contribution in [2.45, 2.75) is 33.6 Å². The van der Waals surface area contributed by atoms with Gasteiger partial charge in [0.15, 0.2) is 5.13 Å². The van der Waals surface area contributed by atoms with Crippen LogP contribution in [0.15, 0.2) is 28.7 Å². The number of hydrogen-bond donors (Lipinski definition) is 1. The molecule has 0 spiro atoms. The number of hydrogen-bond acceptors (Lipinski definition) is 3. The van der Waals surface area contributed by atoms with Gasteiger partial charge in [-0.1, -0.05) is 48.8 Å². The van der Waals surface area contributed by atoms with Crippen molar-refractivity contribution in [1.29, 1.82) is 0 Å². The first-order chi connectivity index (χ1) is 9.99. The summed E-state index contributed by atoms with van der Waals surface area (Å²) in [6, 6.07) is 8.09. The van der Waals surface area contributed by atoms with Gasteiger partial charge in [0, 0.05) is 21.3 Å². The largest absolute Gasteiger partial charge is 0.302 e. The Labute approximate surface area is 137 Å². The molecule has 0 aliphatic carbocycles. The van der Waals surface area contributed by atoms with E-state index in [1.807, 2.05) is 38.1 Å². The Morgan fingerprint density at radius 2 is 2.00 bits per heavy atom. The highest BCUT2D eigenvalue weighted by molar-refractivity contribution is 9.10. The van der Waals surface area contributed by atoms with Crippen molar-refractivity contribution >= 4 is 38.3 Å². The Morgan fingerprint density at radius 1 is 1.33 bits per heavy atom. The molecule has 0 aliphatic rings. The first-order valence-electron chi connectivity index (χ1n) is 7.05. The molecule has 1 aromatic heterocycles. The van der Waals surface area contributed by atoms with Crippen LogP contribution in [0.3, 0.4) is 0 Å². The van der Waals surface area contributed by atoms with Gasteiger partial charge in [-0.2, -0.15) is 0 Å². The lowest BCUT2D eigenvalue weighted by Gasteiger charge is -2.03. The molecule has 112 valence electrons. The van der Waals surface area contributed by atoms with E-state index >= 15 is 0 Å². The summed E-state index contributed by atoms with van der Waals surface area (Å²) in [7, 11) is 0. The van der Waals surface area contributed by atoms with Crippen LogP contribution in [0.4, 0.5) is 5.13 Å². The summed E-state index contributed by atoms with van der Waals surface area (Å²) in [4.78, 5) is 17.7. The van der Waals surface area contributed by atoms with Crippen molar-refractivity contribution in [1.82, 2.24) is 4.98 Å². The highest BCUT2D eigenvalue weighted by atomic mass is 79.9. The van der Waals surface area contributed by atoms with Gasteiger partial charge in [0.25, 0.3) is 0 Å². The van der Waals surface area contributed by atoms with Crippen LogP contribution in [-0.2, 0) is 11.2 Å². The van der Waals surface area contributed by atoms with Crippen LogP contribution in [0.25, 0.3) is 11.3 Å². The first-order valence-corrected chi connectivity index (χ1v) is 8.66. The number of thiazole rings is 1. The van der Waals surface area contributed by atoms with Gasteiger partial charge >= 0.3 is 0 Å². The number of carbonyl (C=O) groups excluding carboxylic acids is 1. The fourth-order valence-electron chi connectivity index (χ4n) is 2.02. The number of halogens is 1. The average molecular weight is 367 g/mol. The summed E-state index contributed by atoms with van der Waals surface area (Å²) in [5.74, 6) is 0.380. The molecular weight excluding hydrogens is 348 g/mol. The summed E-state index contributed by atoms with van der Waals surface area (Å²) in [6.45, 7) is 6.17. The molecule has 3 nitrogen and oxygen atoms in total. The maximum absolute atomic E-state index is 11.9. The van der Waals surface area contributed by atoms with E-state index in [1.54, 1.807) is 11.3 Å². The van der Waals surface area contributed by atoms with Gasteiger partial charge in [-0.3, -0.25) is 4.79 Å². The molecule has 0 radical (unpaired) electrons. The van der Waals surface area contributed by atoms with E-state index in [0.717, 1.165) is 22.2 Å². The maximum Gasteiger partial charge on any atom is 0.226 e. The Bertz CT molecular complexity index is 620. The van der Waals surface area contributed by atoms with E-state index in [1.165, 1.54) is 4.88 Å². The highest BCUT2D eigenvalue weighted by Gasteiger charge is 2.14. The summed E-state index contributed by atoms with van der Waals surface area (Å²) < 4.78 is 1.05. The number of aryl methyl sites for hydroxylation is 1. The first kappa shape index (κ1) is 16.2. The molecule has 0 unspecified atom stereocenters. The maximum atomic E-state index is 11.9. The molecule has 1 heterocycles. The number of amides is 1. The van der Waals surface area contributed by atoms with Gasteiger partial charge in [0.2, 0.25) is 5.91 Å². The van der Waals surface area contributed by atoms with Gasteiger partial charge in [-0.05, 0) is 24.5 Å². The van der Waals surface area contributed by atoms with Crippen LogP contribution >= 0.6 is 27.3 Å². The SMILES string of the molecule is CCc1sc(NC(=O)CC(C)C)nc1-c1ccc(Br)cc1. The van der Waals surface area contributed by atoms with E-state index in [9.17, 15) is 4.79 Å². The zero-order chi connectivity index (χ0) is 15.4. The van der Waals surface area contributed by atoms with Crippen LogP contribution in [0.5, 0.6) is 0 Å². The second-order valence-corrected chi connectivity index (χ2v) is 7.30. The summed E-state index contributed by atoms with van der Waals surface area (Å²) in [5, 5.41) is 3.60. The fraction of sp³-hybridized carbons (Fsp3) is 0.375. The third kappa shape index (κ3) is 4.38. The Kier molecular flexibility index (Phi) is 5.53. The normalized spacial score (nSPS) is 10.9. The minimum Gasteiger partial charge on any atom is -0.302 e. The monoisotopic (exact) mass is 366 g/mol. The second kappa shape index (κ2) is 7.18. The summed E-state index contributed by atoms with van der Waals surface area (Å²) in [6.07, 6.45) is 1.43. The van der Waals surface area contributed by atoms with Crippen molar-refractivity contribution < 1.29 is 4.79 Å². The molecular formula is C16H19BrN2OS. The minimum atomic E-state index is 0.0313. The van der Waals surface area contributed by atoms with Crippen LogP contribution in [-0.4, -0.2) is 10.9 Å². The topological polar surface area (TPSA) is 42.0 Å². The summed E-state index contributed by atoms with van der Waals surface area (Å²) in [5.41, 5.74) is 2.05. The molecule has 0 saturated heterocycles. The molecule has 0 fully saturated rings. The smallest absolute Gasteiger partial charge is 0.226 e. The van der Waals surface area contributed by atoms with Crippen molar-refractivity contribution in [3.63, 3.8) is 0 Å². The number of benzene rings is 1. The molecule has 0 atom stereocenters. The lowest BCUT2D eigenvalue weighted by Crippen LogP contribution is -2.13. The fourth-order valence-corrected chi connectivity index (χ4v) is 3.22. The van der Waals surface area contributed by atoms with E-state index in [4.69, 9.17) is 0 Å². The van der Waals surface area contributed by atoms with E-state index in [0.29, 0.717) is 17.5 Å². The van der Waals surface area contributed by atoms with Crippen molar-refractivity contribution in [3.05, 3.63) is 33.6 Å². The van der Waals surface area contributed by atoms with Crippen molar-refractivity contribution in [3.8, 4) is 11.3 Å². The molecule has 0 saturated carbocycles. The number of nitrogens with one attached hydrogen (secondary N) is 1. The van der Waals surface area contributed by atoms with Crippen LogP contribution < -0.4 is 5.32 Å². The van der Waals surface area contributed by atoms with E-state index in [-0.39, 0.29) is 5.91 Å². The van der Waals surface area contributed by atoms with Gasteiger partial charge in [-0.15, -0.1) is 11.3 Å². The Balaban J connectivity index is 2.23. The van der Waals surface area contributed by atoms with Crippen molar-refractivity contribution in [2.75, 3.05) is 5.32 Å². The number of rotatable bonds is 5. The Hall–Kier alpha value is -1.20. The molecule has 1 N–H and O–H groups in total. The van der Waals surface area contributed by atoms with Gasteiger partial charge in [-0.25, -0.2) is 4.98 Å². The highest BCUT2D eigenvalue weighted by Crippen LogP contribution is 2.32. The molecule has 0 aliphatic heterocycles. The molecule has 1 aromatic carbocycles. The number of anilines is 1. The quantitative estimate of drug-likeness (QED) is 0.797. The van der Waals surface area contributed by atoms with Gasteiger partial charge in [0.1, 0.15) is 0 Å². The molecule has 5 heteroatoms. The standard InChI is InChI=1S/C16H19BrN2OS/c1-4-13-15(11-5-7-12(17)8-6-11)19-16(21-13)18-14(20)9-10(2)3/h5-8,10H,4,9H2,1-3H3,(H,18,19,20). The lowest BCUT2D eigenvalue weighted by molar-refractivity contribution is -0.116. The number of carbonyl (C=O) groups is 1. The number of aromatic nitrogens is 1. The van der Waals surface area contributed by atoms with Crippen LogP contribution in [0.2, 0.25) is 0 Å². The molecule has 2 aromatic rings. The lowest BCUT2D eigenvalue weighted by atomic mass is 10.1. The molecule has 2 rings (SSSR count). The van der Waals surface area contributed by atoms with Crippen LogP contribution in [0, 0.1) is 5.92 Å². The summed E-state index contributed by atoms with van der Waals surface area (Å²) >= 11 is 5.00. The second-order valence-electron chi connectivity index (χ2n) is 5.30. The predicted octanol–water partition coefficient (Wildman–Crippen LogP) is 5.12. The van der Waals surface area contributed by atoms with Gasteiger partial charge < -0.3 is 5.32 Å². The minimum absolute atomic E-state index is 0.0313. The van der Waals surface area contributed by atoms with E-state index < -0.39 is 0 Å². The van der Waals surface area contributed by atoms with Crippen LogP contribution in [0.1, 0.15) is 32.1 Å². The Morgan fingerprint density at radius 3 is 2.57 bits per heavy atom. The molecule has 0 bridgehead atoms. The molecule has 1 amide bonds. The number of nitrogens with zero attached hydrogens (tertiary/aromatic N) is 1. The van der Waals surface area contributed by atoms with Gasteiger partial charge in [0.05, 0.1) is 5.69 Å². The predicted molar refractivity (Wildman–Crippen MR) is 92.7 cm³/mol. The zero-order valence-corrected chi connectivity index (χ0v) is 14.8. The molecule has 21 heavy (non-hydrogen) atoms. The van der Waals surface area contributed by atoms with E-state index in [2.05, 4.69) is 33.2 Å².